The van der Waals surface area contributed by atoms with Crippen LogP contribution < -0.4 is 19.9 Å². The third kappa shape index (κ3) is 3.20. The van der Waals surface area contributed by atoms with E-state index in [0.29, 0.717) is 32.5 Å². The van der Waals surface area contributed by atoms with Crippen LogP contribution in [-0.2, 0) is 0 Å². The second-order valence-corrected chi connectivity index (χ2v) is 6.40. The number of benzene rings is 1. The molecule has 1 aromatic carbocycles. The molecular formula is C14H16N6O3S2. The zero-order chi connectivity index (χ0) is 18.0. The van der Waals surface area contributed by atoms with Crippen molar-refractivity contribution in [3.8, 4) is 33.0 Å². The van der Waals surface area contributed by atoms with Gasteiger partial charge in [0.25, 0.3) is 0 Å². The summed E-state index contributed by atoms with van der Waals surface area (Å²) in [5.41, 5.74) is 6.66. The summed E-state index contributed by atoms with van der Waals surface area (Å²) in [5, 5.41) is 14.4. The zero-order valence-electron chi connectivity index (χ0n) is 14.0. The number of anilines is 1. The molecule has 0 radical (unpaired) electrons. The molecular weight excluding hydrogens is 364 g/mol. The molecule has 132 valence electrons. The van der Waals surface area contributed by atoms with Crippen LogP contribution in [0.3, 0.4) is 0 Å². The van der Waals surface area contributed by atoms with Crippen molar-refractivity contribution in [2.24, 2.45) is 0 Å². The van der Waals surface area contributed by atoms with Gasteiger partial charge in [-0.3, -0.25) is 0 Å². The van der Waals surface area contributed by atoms with Crippen molar-refractivity contribution < 1.29 is 14.2 Å². The van der Waals surface area contributed by atoms with Crippen LogP contribution in [0.1, 0.15) is 0 Å². The normalized spacial score (nSPS) is 10.7. The third-order valence-corrected chi connectivity index (χ3v) is 4.79. The Bertz CT molecular complexity index is 870. The summed E-state index contributed by atoms with van der Waals surface area (Å²) in [6.45, 7) is 0. The Morgan fingerprint density at radius 3 is 2.28 bits per heavy atom. The molecule has 0 atom stereocenters. The number of hydrogen-bond acceptors (Lipinski definition) is 10. The number of aromatic nitrogens is 5. The number of nitrogen functional groups attached to an aromatic ring is 1. The zero-order valence-corrected chi connectivity index (χ0v) is 15.6. The quantitative estimate of drug-likeness (QED) is 0.643. The highest BCUT2D eigenvalue weighted by Gasteiger charge is 2.18. The minimum atomic E-state index is 0.261. The first kappa shape index (κ1) is 17.3. The fourth-order valence-electron chi connectivity index (χ4n) is 2.15. The SMILES string of the molecule is COc1cc(-c2nnc(-n3nc(SC)nc3N)s2)cc(OC)c1OC. The van der Waals surface area contributed by atoms with Gasteiger partial charge in [-0.2, -0.15) is 9.67 Å². The molecule has 0 unspecified atom stereocenters. The first-order valence-electron chi connectivity index (χ1n) is 7.02. The number of rotatable bonds is 6. The minimum absolute atomic E-state index is 0.261. The van der Waals surface area contributed by atoms with Crippen molar-refractivity contribution in [1.29, 1.82) is 0 Å². The average molecular weight is 380 g/mol. The lowest BCUT2D eigenvalue weighted by atomic mass is 10.2. The molecule has 3 rings (SSSR count). The molecule has 0 aliphatic heterocycles. The molecule has 3 aromatic rings. The summed E-state index contributed by atoms with van der Waals surface area (Å²) in [4.78, 5) is 4.14. The van der Waals surface area contributed by atoms with E-state index in [1.807, 2.05) is 18.4 Å². The van der Waals surface area contributed by atoms with E-state index in [-0.39, 0.29) is 5.95 Å². The lowest BCUT2D eigenvalue weighted by molar-refractivity contribution is 0.324. The van der Waals surface area contributed by atoms with Crippen LogP contribution in [0.15, 0.2) is 17.3 Å². The highest BCUT2D eigenvalue weighted by atomic mass is 32.2. The van der Waals surface area contributed by atoms with Crippen LogP contribution in [0, 0.1) is 0 Å². The minimum Gasteiger partial charge on any atom is -0.493 e. The molecule has 2 N–H and O–H groups in total. The van der Waals surface area contributed by atoms with Crippen molar-refractivity contribution in [3.05, 3.63) is 12.1 Å². The highest BCUT2D eigenvalue weighted by Crippen LogP contribution is 2.41. The topological polar surface area (TPSA) is 110 Å². The molecule has 2 aromatic heterocycles. The number of thioether (sulfide) groups is 1. The van der Waals surface area contributed by atoms with Gasteiger partial charge in [0.2, 0.25) is 22.0 Å². The second-order valence-electron chi connectivity index (χ2n) is 4.67. The molecule has 9 nitrogen and oxygen atoms in total. The first-order valence-corrected chi connectivity index (χ1v) is 9.06. The molecule has 0 bridgehead atoms. The van der Waals surface area contributed by atoms with Gasteiger partial charge >= 0.3 is 0 Å². The van der Waals surface area contributed by atoms with Gasteiger partial charge < -0.3 is 19.9 Å². The van der Waals surface area contributed by atoms with Gasteiger partial charge in [0.1, 0.15) is 5.01 Å². The molecule has 0 aliphatic rings. The van der Waals surface area contributed by atoms with Crippen molar-refractivity contribution in [1.82, 2.24) is 25.0 Å². The van der Waals surface area contributed by atoms with Crippen LogP contribution in [0.4, 0.5) is 5.95 Å². The number of ether oxygens (including phenoxy) is 3. The Balaban J connectivity index is 2.03. The second kappa shape index (κ2) is 7.15. The van der Waals surface area contributed by atoms with E-state index in [2.05, 4.69) is 20.3 Å². The van der Waals surface area contributed by atoms with Gasteiger partial charge in [-0.1, -0.05) is 23.1 Å². The van der Waals surface area contributed by atoms with Gasteiger partial charge in [0.05, 0.1) is 21.3 Å². The van der Waals surface area contributed by atoms with Crippen molar-refractivity contribution in [2.75, 3.05) is 33.3 Å². The number of nitrogens with two attached hydrogens (primary N) is 1. The van der Waals surface area contributed by atoms with E-state index in [1.165, 1.54) is 27.8 Å². The molecule has 0 fully saturated rings. The Labute approximate surface area is 152 Å². The summed E-state index contributed by atoms with van der Waals surface area (Å²) in [6.07, 6.45) is 1.88. The molecule has 0 aliphatic carbocycles. The van der Waals surface area contributed by atoms with Crippen LogP contribution in [0.5, 0.6) is 17.2 Å². The molecule has 0 saturated heterocycles. The fourth-order valence-corrected chi connectivity index (χ4v) is 3.29. The monoisotopic (exact) mass is 380 g/mol. The Morgan fingerprint density at radius 1 is 1.08 bits per heavy atom. The Hall–Kier alpha value is -2.53. The van der Waals surface area contributed by atoms with Crippen molar-refractivity contribution in [3.63, 3.8) is 0 Å². The average Bonchev–Trinajstić information content (AvgIpc) is 3.26. The maximum atomic E-state index is 5.88. The predicted octanol–water partition coefficient (Wildman–Crippen LogP) is 2.12. The maximum Gasteiger partial charge on any atom is 0.236 e. The molecule has 25 heavy (non-hydrogen) atoms. The first-order chi connectivity index (χ1) is 12.1. The summed E-state index contributed by atoms with van der Waals surface area (Å²) in [5.74, 6) is 1.86. The van der Waals surface area contributed by atoms with Gasteiger partial charge in [0.15, 0.2) is 11.5 Å². The van der Waals surface area contributed by atoms with Gasteiger partial charge in [-0.05, 0) is 18.4 Å². The van der Waals surface area contributed by atoms with E-state index >= 15 is 0 Å². The maximum absolute atomic E-state index is 5.88. The summed E-state index contributed by atoms with van der Waals surface area (Å²) in [6, 6.07) is 3.62. The molecule has 0 amide bonds. The lowest BCUT2D eigenvalue weighted by Crippen LogP contribution is -2.01. The largest absolute Gasteiger partial charge is 0.493 e. The molecule has 2 heterocycles. The Morgan fingerprint density at radius 2 is 1.76 bits per heavy atom. The number of hydrogen-bond donors (Lipinski definition) is 1. The number of nitrogens with zero attached hydrogens (tertiary/aromatic N) is 5. The predicted molar refractivity (Wildman–Crippen MR) is 96.1 cm³/mol. The lowest BCUT2D eigenvalue weighted by Gasteiger charge is -2.12. The van der Waals surface area contributed by atoms with Crippen LogP contribution >= 0.6 is 23.1 Å². The summed E-state index contributed by atoms with van der Waals surface area (Å²) >= 11 is 2.73. The molecule has 0 saturated carbocycles. The summed E-state index contributed by atoms with van der Waals surface area (Å²) < 4.78 is 17.5. The molecule has 11 heteroatoms. The van der Waals surface area contributed by atoms with Crippen molar-refractivity contribution in [2.45, 2.75) is 5.16 Å². The fraction of sp³-hybridized carbons (Fsp3) is 0.286. The number of methoxy groups -OCH3 is 3. The highest BCUT2D eigenvalue weighted by molar-refractivity contribution is 7.98. The standard InChI is InChI=1S/C14H16N6O3S2/c1-21-8-5-7(6-9(22-2)10(8)23-3)11-17-18-14(25-11)20-12(15)16-13(19-20)24-4/h5-6H,1-4H3,(H2,15,16,19). The van der Waals surface area contributed by atoms with E-state index in [0.717, 1.165) is 5.56 Å². The van der Waals surface area contributed by atoms with E-state index in [1.54, 1.807) is 21.3 Å². The van der Waals surface area contributed by atoms with Crippen LogP contribution in [0.2, 0.25) is 0 Å². The molecule has 0 spiro atoms. The van der Waals surface area contributed by atoms with E-state index in [4.69, 9.17) is 19.9 Å². The van der Waals surface area contributed by atoms with E-state index in [9.17, 15) is 0 Å². The van der Waals surface area contributed by atoms with Crippen LogP contribution in [0.25, 0.3) is 15.7 Å². The Kier molecular flexibility index (Phi) is 4.95. The van der Waals surface area contributed by atoms with Gasteiger partial charge in [-0.15, -0.1) is 15.3 Å². The van der Waals surface area contributed by atoms with Gasteiger partial charge in [-0.25, -0.2) is 0 Å². The van der Waals surface area contributed by atoms with Crippen molar-refractivity contribution >= 4 is 29.0 Å². The van der Waals surface area contributed by atoms with Crippen LogP contribution in [-0.4, -0.2) is 52.5 Å². The smallest absolute Gasteiger partial charge is 0.236 e. The van der Waals surface area contributed by atoms with E-state index < -0.39 is 0 Å². The van der Waals surface area contributed by atoms with Gasteiger partial charge in [0, 0.05) is 5.56 Å². The third-order valence-electron chi connectivity index (χ3n) is 3.30. The summed E-state index contributed by atoms with van der Waals surface area (Å²) in [7, 11) is 4.68.